The largest absolute Gasteiger partial charge is 0.416 e. The third kappa shape index (κ3) is 4.57. The average molecular weight is 374 g/mol. The molecule has 0 radical (unpaired) electrons. The Morgan fingerprint density at radius 2 is 1.81 bits per heavy atom. The predicted molar refractivity (Wildman–Crippen MR) is 91.8 cm³/mol. The number of alkyl halides is 3. The zero-order valence-electron chi connectivity index (χ0n) is 13.8. The van der Waals surface area contributed by atoms with Crippen molar-refractivity contribution >= 4 is 11.7 Å². The summed E-state index contributed by atoms with van der Waals surface area (Å²) in [6.07, 6.45) is -1.74. The maximum Gasteiger partial charge on any atom is 0.416 e. The molecule has 0 aliphatic rings. The Kier molecular flexibility index (Phi) is 5.02. The molecular formula is C18H13F3N4O2. The van der Waals surface area contributed by atoms with E-state index in [1.165, 1.54) is 24.7 Å². The SMILES string of the molecule is O=C(Cn1cnc(-c2ccc(C(F)(F)F)cc2)cc1=O)Nc1ccccn1. The van der Waals surface area contributed by atoms with Crippen molar-refractivity contribution in [2.75, 3.05) is 5.32 Å². The van der Waals surface area contributed by atoms with Crippen molar-refractivity contribution in [3.05, 3.63) is 77.0 Å². The number of carbonyl (C=O) groups is 1. The van der Waals surface area contributed by atoms with Crippen LogP contribution in [0.5, 0.6) is 0 Å². The van der Waals surface area contributed by atoms with Gasteiger partial charge in [-0.25, -0.2) is 9.97 Å². The second-order valence-corrected chi connectivity index (χ2v) is 5.58. The molecule has 2 heterocycles. The molecule has 138 valence electrons. The number of hydrogen-bond acceptors (Lipinski definition) is 4. The fraction of sp³-hybridized carbons (Fsp3) is 0.111. The van der Waals surface area contributed by atoms with Crippen molar-refractivity contribution < 1.29 is 18.0 Å². The molecule has 0 bridgehead atoms. The van der Waals surface area contributed by atoms with Gasteiger partial charge in [0.15, 0.2) is 0 Å². The second-order valence-electron chi connectivity index (χ2n) is 5.58. The number of amides is 1. The number of hydrogen-bond donors (Lipinski definition) is 1. The first kappa shape index (κ1) is 18.3. The first-order valence-corrected chi connectivity index (χ1v) is 7.78. The van der Waals surface area contributed by atoms with Crippen molar-refractivity contribution in [1.29, 1.82) is 0 Å². The summed E-state index contributed by atoms with van der Waals surface area (Å²) in [5, 5.41) is 2.54. The predicted octanol–water partition coefficient (Wildman–Crippen LogP) is 2.96. The van der Waals surface area contributed by atoms with Crippen LogP contribution in [0.3, 0.4) is 0 Å². The third-order valence-corrected chi connectivity index (χ3v) is 3.63. The number of nitrogens with one attached hydrogen (secondary N) is 1. The lowest BCUT2D eigenvalue weighted by atomic mass is 10.1. The van der Waals surface area contributed by atoms with Gasteiger partial charge in [-0.2, -0.15) is 13.2 Å². The van der Waals surface area contributed by atoms with E-state index in [-0.39, 0.29) is 12.2 Å². The van der Waals surface area contributed by atoms with Gasteiger partial charge < -0.3 is 5.32 Å². The summed E-state index contributed by atoms with van der Waals surface area (Å²) in [5.74, 6) is -0.107. The van der Waals surface area contributed by atoms with Gasteiger partial charge >= 0.3 is 6.18 Å². The number of aromatic nitrogens is 3. The van der Waals surface area contributed by atoms with Crippen LogP contribution in [0.1, 0.15) is 5.56 Å². The van der Waals surface area contributed by atoms with Crippen molar-refractivity contribution in [3.63, 3.8) is 0 Å². The van der Waals surface area contributed by atoms with E-state index in [0.29, 0.717) is 11.4 Å². The Morgan fingerprint density at radius 3 is 2.41 bits per heavy atom. The summed E-state index contributed by atoms with van der Waals surface area (Å²) in [4.78, 5) is 32.1. The van der Waals surface area contributed by atoms with Gasteiger partial charge in [0.1, 0.15) is 12.4 Å². The summed E-state index contributed by atoms with van der Waals surface area (Å²) in [7, 11) is 0. The topological polar surface area (TPSA) is 76.9 Å². The quantitative estimate of drug-likeness (QED) is 0.762. The highest BCUT2D eigenvalue weighted by molar-refractivity contribution is 5.89. The fourth-order valence-electron chi connectivity index (χ4n) is 2.31. The van der Waals surface area contributed by atoms with Crippen molar-refractivity contribution in [2.45, 2.75) is 12.7 Å². The number of rotatable bonds is 4. The lowest BCUT2D eigenvalue weighted by Crippen LogP contribution is -2.27. The molecule has 3 aromatic rings. The summed E-state index contributed by atoms with van der Waals surface area (Å²) in [6.45, 7) is -0.268. The molecule has 6 nitrogen and oxygen atoms in total. The molecular weight excluding hydrogens is 361 g/mol. The molecule has 1 aromatic carbocycles. The molecule has 1 amide bonds. The summed E-state index contributed by atoms with van der Waals surface area (Å²) in [5.41, 5.74) is -0.706. The molecule has 0 saturated carbocycles. The van der Waals surface area contributed by atoms with E-state index in [4.69, 9.17) is 0 Å². The van der Waals surface area contributed by atoms with Crippen molar-refractivity contribution in [2.24, 2.45) is 0 Å². The van der Waals surface area contributed by atoms with Crippen LogP contribution in [0, 0.1) is 0 Å². The van der Waals surface area contributed by atoms with E-state index in [1.54, 1.807) is 18.2 Å². The maximum atomic E-state index is 12.6. The minimum Gasteiger partial charge on any atom is -0.309 e. The Balaban J connectivity index is 1.74. The van der Waals surface area contributed by atoms with Crippen LogP contribution < -0.4 is 10.9 Å². The van der Waals surface area contributed by atoms with Gasteiger partial charge in [-0.15, -0.1) is 0 Å². The van der Waals surface area contributed by atoms with Crippen LogP contribution in [0.15, 0.2) is 65.8 Å². The van der Waals surface area contributed by atoms with Crippen LogP contribution in [-0.2, 0) is 17.5 Å². The van der Waals surface area contributed by atoms with E-state index in [9.17, 15) is 22.8 Å². The number of pyridine rings is 1. The highest BCUT2D eigenvalue weighted by Gasteiger charge is 2.30. The molecule has 0 atom stereocenters. The Bertz CT molecular complexity index is 1000. The zero-order chi connectivity index (χ0) is 19.4. The van der Waals surface area contributed by atoms with Crippen LogP contribution in [-0.4, -0.2) is 20.4 Å². The smallest absolute Gasteiger partial charge is 0.309 e. The van der Waals surface area contributed by atoms with E-state index in [0.717, 1.165) is 22.8 Å². The van der Waals surface area contributed by atoms with Gasteiger partial charge in [-0.1, -0.05) is 18.2 Å². The van der Waals surface area contributed by atoms with Crippen LogP contribution in [0.25, 0.3) is 11.3 Å². The first-order chi connectivity index (χ1) is 12.8. The van der Waals surface area contributed by atoms with Gasteiger partial charge in [-0.05, 0) is 24.3 Å². The molecule has 27 heavy (non-hydrogen) atoms. The summed E-state index contributed by atoms with van der Waals surface area (Å²) < 4.78 is 38.9. The van der Waals surface area contributed by atoms with Crippen LogP contribution in [0.4, 0.5) is 19.0 Å². The average Bonchev–Trinajstić information content (AvgIpc) is 2.63. The fourth-order valence-corrected chi connectivity index (χ4v) is 2.31. The molecule has 0 saturated heterocycles. The zero-order valence-corrected chi connectivity index (χ0v) is 13.8. The Labute approximate surface area is 151 Å². The molecule has 2 aromatic heterocycles. The lowest BCUT2D eigenvalue weighted by Gasteiger charge is -2.09. The minimum absolute atomic E-state index is 0.218. The molecule has 9 heteroatoms. The number of nitrogens with zero attached hydrogens (tertiary/aromatic N) is 3. The molecule has 0 aliphatic heterocycles. The molecule has 1 N–H and O–H groups in total. The maximum absolute atomic E-state index is 12.6. The monoisotopic (exact) mass is 374 g/mol. The number of benzene rings is 1. The number of carbonyl (C=O) groups excluding carboxylic acids is 1. The lowest BCUT2D eigenvalue weighted by molar-refractivity contribution is -0.137. The molecule has 0 fully saturated rings. The normalized spacial score (nSPS) is 11.2. The standard InChI is InChI=1S/C18H13F3N4O2/c19-18(20,21)13-6-4-12(5-7-13)14-9-17(27)25(11-23-14)10-16(26)24-15-3-1-2-8-22-15/h1-9,11H,10H2,(H,22,24,26). The van der Waals surface area contributed by atoms with Crippen LogP contribution in [0.2, 0.25) is 0 Å². The molecule has 0 aliphatic carbocycles. The van der Waals surface area contributed by atoms with Gasteiger partial charge in [0.05, 0.1) is 17.6 Å². The second kappa shape index (κ2) is 7.40. The van der Waals surface area contributed by atoms with E-state index < -0.39 is 23.2 Å². The van der Waals surface area contributed by atoms with E-state index in [1.807, 2.05) is 0 Å². The number of halogens is 3. The van der Waals surface area contributed by atoms with Gasteiger partial charge in [0, 0.05) is 17.8 Å². The summed E-state index contributed by atoms with van der Waals surface area (Å²) >= 11 is 0. The Hall–Kier alpha value is -3.49. The highest BCUT2D eigenvalue weighted by Crippen LogP contribution is 2.30. The third-order valence-electron chi connectivity index (χ3n) is 3.63. The van der Waals surface area contributed by atoms with Crippen LogP contribution >= 0.6 is 0 Å². The number of anilines is 1. The minimum atomic E-state index is -4.43. The highest BCUT2D eigenvalue weighted by atomic mass is 19.4. The Morgan fingerprint density at radius 1 is 1.07 bits per heavy atom. The van der Waals surface area contributed by atoms with E-state index >= 15 is 0 Å². The van der Waals surface area contributed by atoms with Crippen molar-refractivity contribution in [3.8, 4) is 11.3 Å². The van der Waals surface area contributed by atoms with Gasteiger partial charge in [0.25, 0.3) is 5.56 Å². The molecule has 0 spiro atoms. The van der Waals surface area contributed by atoms with E-state index in [2.05, 4.69) is 15.3 Å². The molecule has 3 rings (SSSR count). The van der Waals surface area contributed by atoms with Gasteiger partial charge in [-0.3, -0.25) is 14.2 Å². The van der Waals surface area contributed by atoms with Gasteiger partial charge in [0.2, 0.25) is 5.91 Å². The molecule has 0 unspecified atom stereocenters. The summed E-state index contributed by atoms with van der Waals surface area (Å²) in [6, 6.07) is 10.5. The first-order valence-electron chi connectivity index (χ1n) is 7.78. The van der Waals surface area contributed by atoms with Crippen molar-refractivity contribution in [1.82, 2.24) is 14.5 Å².